The molecular weight excluding hydrogens is 269 g/mol. The number of nitrogens with one attached hydrogen (secondary N) is 1. The zero-order valence-corrected chi connectivity index (χ0v) is 11.4. The van der Waals surface area contributed by atoms with E-state index in [0.717, 1.165) is 24.2 Å². The van der Waals surface area contributed by atoms with E-state index in [1.807, 2.05) is 0 Å². The van der Waals surface area contributed by atoms with Crippen LogP contribution in [0.1, 0.15) is 42.3 Å². The van der Waals surface area contributed by atoms with Gasteiger partial charge in [0.2, 0.25) is 0 Å². The first-order valence-electron chi connectivity index (χ1n) is 6.22. The van der Waals surface area contributed by atoms with Gasteiger partial charge in [-0.25, -0.2) is 4.39 Å². The van der Waals surface area contributed by atoms with Crippen molar-refractivity contribution in [1.29, 1.82) is 0 Å². The van der Waals surface area contributed by atoms with Gasteiger partial charge in [-0.2, -0.15) is 0 Å². The van der Waals surface area contributed by atoms with Crippen LogP contribution in [0.25, 0.3) is 0 Å². The van der Waals surface area contributed by atoms with E-state index in [0.29, 0.717) is 12.8 Å². The lowest BCUT2D eigenvalue weighted by Gasteiger charge is -2.38. The fourth-order valence-corrected chi connectivity index (χ4v) is 3.17. The molecular formula is C13H16FNO3S. The van der Waals surface area contributed by atoms with Gasteiger partial charge >= 0.3 is 5.97 Å². The highest BCUT2D eigenvalue weighted by atomic mass is 32.1. The molecule has 2 N–H and O–H groups in total. The molecule has 1 aliphatic rings. The molecule has 1 aromatic heterocycles. The highest BCUT2D eigenvalue weighted by Gasteiger charge is 2.44. The molecule has 1 heterocycles. The van der Waals surface area contributed by atoms with Crippen LogP contribution in [0, 0.1) is 11.2 Å². The summed E-state index contributed by atoms with van der Waals surface area (Å²) >= 11 is 1.02. The van der Waals surface area contributed by atoms with E-state index in [9.17, 15) is 19.1 Å². The van der Waals surface area contributed by atoms with Crippen molar-refractivity contribution < 1.29 is 19.1 Å². The quantitative estimate of drug-likeness (QED) is 0.897. The molecule has 2 atom stereocenters. The summed E-state index contributed by atoms with van der Waals surface area (Å²) in [5.41, 5.74) is -0.971. The number of carboxylic acid groups (broad SMARTS) is 1. The summed E-state index contributed by atoms with van der Waals surface area (Å²) in [6.07, 6.45) is 2.85. The molecule has 19 heavy (non-hydrogen) atoms. The number of thiophene rings is 1. The Bertz CT molecular complexity index is 502. The molecule has 0 saturated heterocycles. The molecule has 104 valence electrons. The second-order valence-corrected chi connectivity index (χ2v) is 6.01. The second-order valence-electron chi connectivity index (χ2n) is 5.09. The van der Waals surface area contributed by atoms with Crippen LogP contribution >= 0.6 is 11.3 Å². The van der Waals surface area contributed by atoms with E-state index in [4.69, 9.17) is 0 Å². The molecule has 2 unspecified atom stereocenters. The third kappa shape index (κ3) is 2.63. The molecule has 2 rings (SSSR count). The van der Waals surface area contributed by atoms with Crippen LogP contribution in [0.15, 0.2) is 11.4 Å². The normalized spacial score (nSPS) is 26.9. The van der Waals surface area contributed by atoms with Crippen LogP contribution in [0.4, 0.5) is 4.39 Å². The summed E-state index contributed by atoms with van der Waals surface area (Å²) < 4.78 is 13.3. The molecule has 1 aliphatic carbocycles. The van der Waals surface area contributed by atoms with Crippen LogP contribution in [0.2, 0.25) is 0 Å². The molecule has 1 amide bonds. The van der Waals surface area contributed by atoms with E-state index in [1.54, 1.807) is 6.92 Å². The van der Waals surface area contributed by atoms with Crippen LogP contribution in [-0.4, -0.2) is 23.0 Å². The molecule has 0 aromatic carbocycles. The van der Waals surface area contributed by atoms with E-state index < -0.39 is 29.2 Å². The number of hydrogen-bond donors (Lipinski definition) is 2. The van der Waals surface area contributed by atoms with Gasteiger partial charge in [0.15, 0.2) is 0 Å². The number of amides is 1. The Morgan fingerprint density at radius 2 is 2.26 bits per heavy atom. The van der Waals surface area contributed by atoms with Crippen molar-refractivity contribution in [2.24, 2.45) is 5.41 Å². The average Bonchev–Trinajstić information content (AvgIpc) is 2.78. The summed E-state index contributed by atoms with van der Waals surface area (Å²) in [5.74, 6) is -1.99. The molecule has 1 fully saturated rings. The third-order valence-corrected chi connectivity index (χ3v) is 4.71. The largest absolute Gasteiger partial charge is 0.481 e. The lowest BCUT2D eigenvalue weighted by Crippen LogP contribution is -2.52. The van der Waals surface area contributed by atoms with Gasteiger partial charge in [0, 0.05) is 6.04 Å². The van der Waals surface area contributed by atoms with Crippen molar-refractivity contribution in [2.45, 2.75) is 38.6 Å². The number of halogens is 1. The van der Waals surface area contributed by atoms with Gasteiger partial charge in [0.1, 0.15) is 10.7 Å². The Hall–Kier alpha value is -1.43. The SMILES string of the molecule is CC1(C(=O)O)CCCCC1NC(=O)c1sccc1F. The molecule has 0 radical (unpaired) electrons. The molecule has 1 saturated carbocycles. The van der Waals surface area contributed by atoms with Crippen LogP contribution in [0.5, 0.6) is 0 Å². The van der Waals surface area contributed by atoms with Crippen molar-refractivity contribution in [1.82, 2.24) is 5.32 Å². The fourth-order valence-electron chi connectivity index (χ4n) is 2.50. The molecule has 0 aliphatic heterocycles. The lowest BCUT2D eigenvalue weighted by molar-refractivity contribution is -0.151. The predicted octanol–water partition coefficient (Wildman–Crippen LogP) is 2.65. The Labute approximate surface area is 114 Å². The Morgan fingerprint density at radius 3 is 2.84 bits per heavy atom. The standard InChI is InChI=1S/C13H16FNO3S/c1-13(12(17)18)6-3-2-4-9(13)15-11(16)10-8(14)5-7-19-10/h5,7,9H,2-4,6H2,1H3,(H,15,16)(H,17,18). The van der Waals surface area contributed by atoms with E-state index >= 15 is 0 Å². The van der Waals surface area contributed by atoms with Gasteiger partial charge in [-0.15, -0.1) is 11.3 Å². The van der Waals surface area contributed by atoms with Crippen molar-refractivity contribution in [3.05, 3.63) is 22.1 Å². The van der Waals surface area contributed by atoms with Crippen LogP contribution in [-0.2, 0) is 4.79 Å². The zero-order valence-electron chi connectivity index (χ0n) is 10.6. The van der Waals surface area contributed by atoms with E-state index in [2.05, 4.69) is 5.32 Å². The summed E-state index contributed by atoms with van der Waals surface area (Å²) in [7, 11) is 0. The number of aliphatic carboxylic acids is 1. The van der Waals surface area contributed by atoms with E-state index in [1.165, 1.54) is 11.4 Å². The maximum absolute atomic E-state index is 13.3. The number of carboxylic acids is 1. The first kappa shape index (κ1) is 14.0. The van der Waals surface area contributed by atoms with Gasteiger partial charge in [-0.1, -0.05) is 12.8 Å². The van der Waals surface area contributed by atoms with Crippen molar-refractivity contribution in [3.63, 3.8) is 0 Å². The molecule has 0 spiro atoms. The van der Waals surface area contributed by atoms with Gasteiger partial charge in [-0.3, -0.25) is 9.59 Å². The van der Waals surface area contributed by atoms with Gasteiger partial charge in [0.05, 0.1) is 5.41 Å². The maximum Gasteiger partial charge on any atom is 0.311 e. The highest BCUT2D eigenvalue weighted by molar-refractivity contribution is 7.12. The van der Waals surface area contributed by atoms with Crippen LogP contribution < -0.4 is 5.32 Å². The first-order valence-corrected chi connectivity index (χ1v) is 7.10. The Kier molecular flexibility index (Phi) is 3.89. The monoisotopic (exact) mass is 285 g/mol. The van der Waals surface area contributed by atoms with Gasteiger partial charge in [0.25, 0.3) is 5.91 Å². The maximum atomic E-state index is 13.3. The molecule has 0 bridgehead atoms. The minimum absolute atomic E-state index is 0.0123. The number of carbonyl (C=O) groups excluding carboxylic acids is 1. The smallest absolute Gasteiger partial charge is 0.311 e. The fraction of sp³-hybridized carbons (Fsp3) is 0.538. The van der Waals surface area contributed by atoms with Crippen molar-refractivity contribution >= 4 is 23.2 Å². The molecule has 1 aromatic rings. The minimum atomic E-state index is -0.971. The molecule has 4 nitrogen and oxygen atoms in total. The second kappa shape index (κ2) is 5.28. The number of rotatable bonds is 3. The minimum Gasteiger partial charge on any atom is -0.481 e. The van der Waals surface area contributed by atoms with Crippen molar-refractivity contribution in [2.75, 3.05) is 0 Å². The van der Waals surface area contributed by atoms with Gasteiger partial charge < -0.3 is 10.4 Å². The summed E-state index contributed by atoms with van der Waals surface area (Å²) in [4.78, 5) is 23.4. The third-order valence-electron chi connectivity index (χ3n) is 3.83. The zero-order chi connectivity index (χ0) is 14.0. The Morgan fingerprint density at radius 1 is 1.53 bits per heavy atom. The lowest BCUT2D eigenvalue weighted by atomic mass is 9.71. The van der Waals surface area contributed by atoms with Crippen LogP contribution in [0.3, 0.4) is 0 Å². The molecule has 6 heteroatoms. The van der Waals surface area contributed by atoms with E-state index in [-0.39, 0.29) is 4.88 Å². The summed E-state index contributed by atoms with van der Waals surface area (Å²) in [6, 6.07) is 0.782. The average molecular weight is 285 g/mol. The highest BCUT2D eigenvalue weighted by Crippen LogP contribution is 2.36. The first-order chi connectivity index (χ1) is 8.95. The number of hydrogen-bond acceptors (Lipinski definition) is 3. The Balaban J connectivity index is 2.15. The van der Waals surface area contributed by atoms with Crippen molar-refractivity contribution in [3.8, 4) is 0 Å². The summed E-state index contributed by atoms with van der Waals surface area (Å²) in [5, 5.41) is 13.5. The predicted molar refractivity (Wildman–Crippen MR) is 69.7 cm³/mol. The number of carbonyl (C=O) groups is 2. The summed E-state index contributed by atoms with van der Waals surface area (Å²) in [6.45, 7) is 1.64. The van der Waals surface area contributed by atoms with Gasteiger partial charge in [-0.05, 0) is 31.2 Å². The topological polar surface area (TPSA) is 66.4 Å².